The van der Waals surface area contributed by atoms with Gasteiger partial charge in [-0.15, -0.1) is 0 Å². The van der Waals surface area contributed by atoms with Crippen LogP contribution in [0.1, 0.15) is 32.1 Å². The molecule has 0 amide bonds. The molecule has 2 aliphatic rings. The molecular formula is C10H13BrO4S. The largest absolute Gasteiger partial charge is 0.465 e. The van der Waals surface area contributed by atoms with Crippen molar-refractivity contribution < 1.29 is 17.9 Å². The second kappa shape index (κ2) is 4.58. The molecule has 0 saturated heterocycles. The number of carbonyl (C=O) groups excluding carboxylic acids is 1. The van der Waals surface area contributed by atoms with Gasteiger partial charge in [0.1, 0.15) is 5.60 Å². The molecule has 0 aromatic heterocycles. The zero-order valence-corrected chi connectivity index (χ0v) is 11.4. The molecule has 0 aromatic rings. The minimum absolute atomic E-state index is 0.129. The standard InChI is InChI=1S/C10H13BrO4S/c1-14-9(12)7-8(11)10(15-16(7)13)5-3-2-4-6-10/h2-6H2,1H3. The summed E-state index contributed by atoms with van der Waals surface area (Å²) in [7, 11) is 1.28. The Morgan fingerprint density at radius 1 is 1.44 bits per heavy atom. The number of halogens is 1. The molecule has 0 N–H and O–H groups in total. The molecule has 6 heteroatoms. The topological polar surface area (TPSA) is 52.6 Å². The molecule has 1 saturated carbocycles. The Morgan fingerprint density at radius 2 is 2.06 bits per heavy atom. The molecule has 1 fully saturated rings. The molecule has 16 heavy (non-hydrogen) atoms. The first-order valence-corrected chi connectivity index (χ1v) is 7.07. The maximum Gasteiger partial charge on any atom is 0.350 e. The third-order valence-corrected chi connectivity index (χ3v) is 5.59. The van der Waals surface area contributed by atoms with Gasteiger partial charge in [0.15, 0.2) is 16.0 Å². The van der Waals surface area contributed by atoms with Gasteiger partial charge < -0.3 is 4.74 Å². The number of hydrogen-bond acceptors (Lipinski definition) is 4. The smallest absolute Gasteiger partial charge is 0.350 e. The van der Waals surface area contributed by atoms with Crippen molar-refractivity contribution in [3.05, 3.63) is 9.39 Å². The first-order valence-electron chi connectivity index (χ1n) is 5.20. The van der Waals surface area contributed by atoms with E-state index >= 15 is 0 Å². The van der Waals surface area contributed by atoms with Crippen molar-refractivity contribution in [3.63, 3.8) is 0 Å². The molecule has 1 spiro atoms. The summed E-state index contributed by atoms with van der Waals surface area (Å²) >= 11 is 1.67. The molecule has 4 nitrogen and oxygen atoms in total. The van der Waals surface area contributed by atoms with Gasteiger partial charge in [-0.05, 0) is 12.8 Å². The first kappa shape index (κ1) is 12.3. The summed E-state index contributed by atoms with van der Waals surface area (Å²) in [5.74, 6) is -0.576. The molecule has 1 heterocycles. The fraction of sp³-hybridized carbons (Fsp3) is 0.700. The molecule has 1 unspecified atom stereocenters. The summed E-state index contributed by atoms with van der Waals surface area (Å²) in [6, 6.07) is 0. The highest BCUT2D eigenvalue weighted by Crippen LogP contribution is 2.48. The van der Waals surface area contributed by atoms with Gasteiger partial charge in [-0.3, -0.25) is 4.18 Å². The highest BCUT2D eigenvalue weighted by atomic mass is 79.9. The van der Waals surface area contributed by atoms with Crippen LogP contribution in [0.4, 0.5) is 0 Å². The SMILES string of the molecule is COC(=O)C1=C(Br)C2(CCCCC2)OS1=O. The van der Waals surface area contributed by atoms with Crippen LogP contribution < -0.4 is 0 Å². The Hall–Kier alpha value is -0.200. The normalized spacial score (nSPS) is 28.5. The second-order valence-electron chi connectivity index (χ2n) is 4.01. The van der Waals surface area contributed by atoms with Crippen molar-refractivity contribution in [1.82, 2.24) is 0 Å². The lowest BCUT2D eigenvalue weighted by Crippen LogP contribution is -2.32. The van der Waals surface area contributed by atoms with Gasteiger partial charge in [0.05, 0.1) is 11.6 Å². The quantitative estimate of drug-likeness (QED) is 0.697. The average molecular weight is 309 g/mol. The monoisotopic (exact) mass is 308 g/mol. The Kier molecular flexibility index (Phi) is 3.51. The van der Waals surface area contributed by atoms with Crippen molar-refractivity contribution in [2.75, 3.05) is 7.11 Å². The van der Waals surface area contributed by atoms with Crippen molar-refractivity contribution in [1.29, 1.82) is 0 Å². The Bertz CT molecular complexity index is 371. The van der Waals surface area contributed by atoms with E-state index in [1.807, 2.05) is 0 Å². The summed E-state index contributed by atoms with van der Waals surface area (Å²) < 4.78 is 22.5. The number of hydrogen-bond donors (Lipinski definition) is 0. The van der Waals surface area contributed by atoms with Gasteiger partial charge >= 0.3 is 5.97 Å². The van der Waals surface area contributed by atoms with E-state index < -0.39 is 22.7 Å². The molecule has 0 bridgehead atoms. The van der Waals surface area contributed by atoms with E-state index in [1.54, 1.807) is 0 Å². The highest BCUT2D eigenvalue weighted by molar-refractivity contribution is 9.12. The van der Waals surface area contributed by atoms with Gasteiger partial charge in [-0.25, -0.2) is 9.00 Å². The van der Waals surface area contributed by atoms with Crippen LogP contribution in [0.2, 0.25) is 0 Å². The van der Waals surface area contributed by atoms with Gasteiger partial charge in [-0.1, -0.05) is 35.2 Å². The molecule has 90 valence electrons. The minimum atomic E-state index is -1.70. The van der Waals surface area contributed by atoms with E-state index in [0.29, 0.717) is 4.48 Å². The molecule has 0 aromatic carbocycles. The maximum absolute atomic E-state index is 11.8. The van der Waals surface area contributed by atoms with Crippen LogP contribution in [-0.4, -0.2) is 22.9 Å². The Morgan fingerprint density at radius 3 is 2.62 bits per heavy atom. The van der Waals surface area contributed by atoms with Crippen molar-refractivity contribution >= 4 is 33.0 Å². The van der Waals surface area contributed by atoms with Gasteiger partial charge in [0.2, 0.25) is 0 Å². The first-order chi connectivity index (χ1) is 7.60. The van der Waals surface area contributed by atoms with Crippen LogP contribution in [0.5, 0.6) is 0 Å². The maximum atomic E-state index is 11.8. The van der Waals surface area contributed by atoms with Crippen LogP contribution in [0.25, 0.3) is 0 Å². The zero-order valence-electron chi connectivity index (χ0n) is 8.95. The zero-order chi connectivity index (χ0) is 11.8. The Balaban J connectivity index is 2.35. The fourth-order valence-electron chi connectivity index (χ4n) is 2.18. The predicted octanol–water partition coefficient (Wildman–Crippen LogP) is 2.16. The number of methoxy groups -OCH3 is 1. The molecule has 2 rings (SSSR count). The summed E-state index contributed by atoms with van der Waals surface area (Å²) in [5, 5.41) is 0. The lowest BCUT2D eigenvalue weighted by atomic mass is 9.84. The van der Waals surface area contributed by atoms with Crippen molar-refractivity contribution in [3.8, 4) is 0 Å². The van der Waals surface area contributed by atoms with Gasteiger partial charge in [0, 0.05) is 0 Å². The predicted molar refractivity (Wildman–Crippen MR) is 63.0 cm³/mol. The van der Waals surface area contributed by atoms with Crippen LogP contribution in [0, 0.1) is 0 Å². The molecule has 1 atom stereocenters. The average Bonchev–Trinajstić information content (AvgIpc) is 2.51. The van der Waals surface area contributed by atoms with Gasteiger partial charge in [-0.2, -0.15) is 0 Å². The highest BCUT2D eigenvalue weighted by Gasteiger charge is 2.48. The third-order valence-electron chi connectivity index (χ3n) is 3.03. The fourth-order valence-corrected chi connectivity index (χ4v) is 4.50. The lowest BCUT2D eigenvalue weighted by molar-refractivity contribution is -0.135. The third kappa shape index (κ3) is 1.87. The van der Waals surface area contributed by atoms with Crippen LogP contribution >= 0.6 is 15.9 Å². The summed E-state index contributed by atoms with van der Waals surface area (Å²) in [5.41, 5.74) is -0.549. The summed E-state index contributed by atoms with van der Waals surface area (Å²) in [6.07, 6.45) is 4.83. The number of esters is 1. The molecular weight excluding hydrogens is 296 g/mol. The van der Waals surface area contributed by atoms with Crippen molar-refractivity contribution in [2.45, 2.75) is 37.7 Å². The van der Waals surface area contributed by atoms with E-state index in [-0.39, 0.29) is 4.91 Å². The molecule has 1 aliphatic heterocycles. The van der Waals surface area contributed by atoms with E-state index in [4.69, 9.17) is 4.18 Å². The van der Waals surface area contributed by atoms with Crippen LogP contribution in [-0.2, 0) is 24.8 Å². The number of ether oxygens (including phenoxy) is 1. The van der Waals surface area contributed by atoms with Crippen molar-refractivity contribution in [2.24, 2.45) is 0 Å². The van der Waals surface area contributed by atoms with Crippen LogP contribution in [0.3, 0.4) is 0 Å². The van der Waals surface area contributed by atoms with E-state index in [0.717, 1.165) is 32.1 Å². The minimum Gasteiger partial charge on any atom is -0.465 e. The van der Waals surface area contributed by atoms with E-state index in [2.05, 4.69) is 20.7 Å². The summed E-state index contributed by atoms with van der Waals surface area (Å²) in [6.45, 7) is 0. The summed E-state index contributed by atoms with van der Waals surface area (Å²) in [4.78, 5) is 11.6. The number of carbonyl (C=O) groups is 1. The van der Waals surface area contributed by atoms with Gasteiger partial charge in [0.25, 0.3) is 0 Å². The molecule has 1 aliphatic carbocycles. The Labute approximate surface area is 105 Å². The second-order valence-corrected chi connectivity index (χ2v) is 5.85. The van der Waals surface area contributed by atoms with E-state index in [9.17, 15) is 9.00 Å². The number of rotatable bonds is 1. The molecule has 0 radical (unpaired) electrons. The van der Waals surface area contributed by atoms with E-state index in [1.165, 1.54) is 7.11 Å². The van der Waals surface area contributed by atoms with Crippen LogP contribution in [0.15, 0.2) is 9.39 Å². The lowest BCUT2D eigenvalue weighted by Gasteiger charge is -2.31.